The lowest BCUT2D eigenvalue weighted by Crippen LogP contribution is -2.39. The molecule has 0 saturated heterocycles. The lowest BCUT2D eigenvalue weighted by atomic mass is 10.2. The van der Waals surface area contributed by atoms with Gasteiger partial charge in [0.25, 0.3) is 15.9 Å². The van der Waals surface area contributed by atoms with Crippen molar-refractivity contribution in [2.45, 2.75) is 31.4 Å². The van der Waals surface area contributed by atoms with Crippen LogP contribution in [0.4, 0.5) is 0 Å². The molecule has 1 N–H and O–H groups in total. The van der Waals surface area contributed by atoms with Gasteiger partial charge in [-0.15, -0.1) is 0 Å². The predicted octanol–water partition coefficient (Wildman–Crippen LogP) is 1.98. The van der Waals surface area contributed by atoms with Crippen molar-refractivity contribution in [1.82, 2.24) is 9.29 Å². The first-order valence-corrected chi connectivity index (χ1v) is 10.3. The average molecular weight is 401 g/mol. The summed E-state index contributed by atoms with van der Waals surface area (Å²) in [6, 6.07) is 8.90. The summed E-state index contributed by atoms with van der Waals surface area (Å²) >= 11 is 0. The Morgan fingerprint density at radius 1 is 1.18 bits per heavy atom. The predicted molar refractivity (Wildman–Crippen MR) is 100 cm³/mol. The van der Waals surface area contributed by atoms with Crippen LogP contribution in [0.1, 0.15) is 34.6 Å². The standard InChI is InChI=1S/C19H19N3O5S/c1-12-9-15(18(23)21-28(24,25)19(11-20)5-6-19)13(2)22(12)14-3-4-16-17(10-14)27-8-7-26-16/h3-4,9-10H,5-8H2,1-2H3,(H,21,23). The Morgan fingerprint density at radius 3 is 2.50 bits per heavy atom. The fourth-order valence-electron chi connectivity index (χ4n) is 3.39. The first kappa shape index (κ1) is 18.4. The van der Waals surface area contributed by atoms with Crippen LogP contribution in [-0.4, -0.2) is 36.9 Å². The van der Waals surface area contributed by atoms with Gasteiger partial charge in [-0.3, -0.25) is 4.79 Å². The number of aryl methyl sites for hydroxylation is 1. The topological polar surface area (TPSA) is 110 Å². The number of nitrogens with one attached hydrogen (secondary N) is 1. The normalized spacial score (nSPS) is 16.9. The van der Waals surface area contributed by atoms with Crippen LogP contribution < -0.4 is 14.2 Å². The number of aromatic nitrogens is 1. The Hall–Kier alpha value is -2.99. The number of ether oxygens (including phenoxy) is 2. The van der Waals surface area contributed by atoms with E-state index < -0.39 is 20.7 Å². The summed E-state index contributed by atoms with van der Waals surface area (Å²) in [5.74, 6) is 0.542. The van der Waals surface area contributed by atoms with Gasteiger partial charge >= 0.3 is 0 Å². The van der Waals surface area contributed by atoms with Gasteiger partial charge < -0.3 is 14.0 Å². The quantitative estimate of drug-likeness (QED) is 0.839. The van der Waals surface area contributed by atoms with Gasteiger partial charge in [0.1, 0.15) is 13.2 Å². The largest absolute Gasteiger partial charge is 0.486 e. The summed E-state index contributed by atoms with van der Waals surface area (Å²) in [4.78, 5) is 12.6. The molecule has 0 spiro atoms. The number of nitrogens with zero attached hydrogens (tertiary/aromatic N) is 2. The van der Waals surface area contributed by atoms with E-state index in [1.807, 2.05) is 23.6 Å². The molecule has 2 aliphatic rings. The molecule has 2 aromatic rings. The number of nitriles is 1. The van der Waals surface area contributed by atoms with Crippen molar-refractivity contribution >= 4 is 15.9 Å². The lowest BCUT2D eigenvalue weighted by molar-refractivity contribution is 0.0980. The molecule has 2 heterocycles. The molecule has 1 aromatic heterocycles. The van der Waals surface area contributed by atoms with E-state index in [4.69, 9.17) is 14.7 Å². The van der Waals surface area contributed by atoms with E-state index in [0.29, 0.717) is 30.4 Å². The van der Waals surface area contributed by atoms with E-state index in [1.165, 1.54) is 0 Å². The maximum absolute atomic E-state index is 12.6. The second-order valence-corrected chi connectivity index (χ2v) is 8.98. The first-order valence-electron chi connectivity index (χ1n) is 8.85. The molecule has 1 aromatic carbocycles. The highest BCUT2D eigenvalue weighted by Gasteiger charge is 2.56. The second kappa shape index (κ2) is 6.27. The Labute approximate surface area is 162 Å². The summed E-state index contributed by atoms with van der Waals surface area (Å²) in [5.41, 5.74) is 2.36. The molecule has 1 saturated carbocycles. The van der Waals surface area contributed by atoms with Gasteiger partial charge in [-0.2, -0.15) is 5.26 Å². The van der Waals surface area contributed by atoms with Crippen LogP contribution in [0.25, 0.3) is 5.69 Å². The molecule has 1 fully saturated rings. The Bertz CT molecular complexity index is 1120. The van der Waals surface area contributed by atoms with Crippen LogP contribution in [-0.2, 0) is 10.0 Å². The van der Waals surface area contributed by atoms with E-state index in [1.54, 1.807) is 25.1 Å². The lowest BCUT2D eigenvalue weighted by Gasteiger charge is -2.20. The summed E-state index contributed by atoms with van der Waals surface area (Å²) in [6.07, 6.45) is 0.477. The van der Waals surface area contributed by atoms with Crippen LogP contribution >= 0.6 is 0 Å². The number of carbonyl (C=O) groups is 1. The molecule has 1 amide bonds. The molecule has 0 atom stereocenters. The molecule has 1 aliphatic carbocycles. The van der Waals surface area contributed by atoms with E-state index in [0.717, 1.165) is 11.4 Å². The van der Waals surface area contributed by atoms with Crippen LogP contribution in [0.3, 0.4) is 0 Å². The maximum Gasteiger partial charge on any atom is 0.266 e. The molecule has 146 valence electrons. The Morgan fingerprint density at radius 2 is 1.86 bits per heavy atom. The highest BCUT2D eigenvalue weighted by atomic mass is 32.2. The SMILES string of the molecule is Cc1cc(C(=O)NS(=O)(=O)C2(C#N)CC2)c(C)n1-c1ccc2c(c1)OCCO2. The third kappa shape index (κ3) is 2.81. The number of hydrogen-bond donors (Lipinski definition) is 1. The van der Waals surface area contributed by atoms with Crippen LogP contribution in [0.5, 0.6) is 11.5 Å². The molecule has 9 heteroatoms. The van der Waals surface area contributed by atoms with Gasteiger partial charge in [-0.1, -0.05) is 0 Å². The summed E-state index contributed by atoms with van der Waals surface area (Å²) in [6.45, 7) is 4.53. The van der Waals surface area contributed by atoms with Crippen LogP contribution in [0.15, 0.2) is 24.3 Å². The average Bonchev–Trinajstić information content (AvgIpc) is 3.42. The zero-order valence-corrected chi connectivity index (χ0v) is 16.3. The molecule has 28 heavy (non-hydrogen) atoms. The minimum Gasteiger partial charge on any atom is -0.486 e. The third-order valence-electron chi connectivity index (χ3n) is 5.11. The van der Waals surface area contributed by atoms with E-state index in [-0.39, 0.29) is 18.4 Å². The number of rotatable bonds is 4. The van der Waals surface area contributed by atoms with E-state index >= 15 is 0 Å². The van der Waals surface area contributed by atoms with Crippen molar-refractivity contribution in [1.29, 1.82) is 5.26 Å². The monoisotopic (exact) mass is 401 g/mol. The van der Waals surface area contributed by atoms with Gasteiger partial charge in [-0.05, 0) is 44.9 Å². The van der Waals surface area contributed by atoms with Crippen molar-refractivity contribution in [3.05, 3.63) is 41.2 Å². The number of carbonyl (C=O) groups excluding carboxylic acids is 1. The third-order valence-corrected chi connectivity index (χ3v) is 7.09. The zero-order valence-electron chi connectivity index (χ0n) is 15.5. The Kier molecular flexibility index (Phi) is 4.12. The molecule has 0 unspecified atom stereocenters. The fraction of sp³-hybridized carbons (Fsp3) is 0.368. The van der Waals surface area contributed by atoms with Crippen molar-refractivity contribution in [2.24, 2.45) is 0 Å². The fourth-order valence-corrected chi connectivity index (χ4v) is 4.70. The highest BCUT2D eigenvalue weighted by Crippen LogP contribution is 2.42. The highest BCUT2D eigenvalue weighted by molar-refractivity contribution is 7.92. The molecule has 0 radical (unpaired) electrons. The summed E-state index contributed by atoms with van der Waals surface area (Å²) < 4.78 is 38.3. The van der Waals surface area contributed by atoms with Crippen molar-refractivity contribution < 1.29 is 22.7 Å². The second-order valence-electron chi connectivity index (χ2n) is 6.99. The smallest absolute Gasteiger partial charge is 0.266 e. The van der Waals surface area contributed by atoms with Crippen LogP contribution in [0.2, 0.25) is 0 Å². The molecule has 8 nitrogen and oxygen atoms in total. The van der Waals surface area contributed by atoms with Crippen molar-refractivity contribution in [3.8, 4) is 23.3 Å². The van der Waals surface area contributed by atoms with Crippen molar-refractivity contribution in [2.75, 3.05) is 13.2 Å². The Balaban J connectivity index is 1.67. The number of sulfonamides is 1. The first-order chi connectivity index (χ1) is 13.3. The van der Waals surface area contributed by atoms with Gasteiger partial charge in [0, 0.05) is 23.1 Å². The molecule has 4 rings (SSSR count). The van der Waals surface area contributed by atoms with Crippen molar-refractivity contribution in [3.63, 3.8) is 0 Å². The summed E-state index contributed by atoms with van der Waals surface area (Å²) in [7, 11) is -4.05. The van der Waals surface area contributed by atoms with E-state index in [9.17, 15) is 13.2 Å². The van der Waals surface area contributed by atoms with Gasteiger partial charge in [0.15, 0.2) is 16.2 Å². The maximum atomic E-state index is 12.6. The molecule has 1 aliphatic heterocycles. The van der Waals surface area contributed by atoms with Gasteiger partial charge in [0.2, 0.25) is 0 Å². The molecule has 0 bridgehead atoms. The minimum absolute atomic E-state index is 0.238. The minimum atomic E-state index is -4.05. The van der Waals surface area contributed by atoms with Crippen LogP contribution in [0, 0.1) is 25.2 Å². The zero-order chi connectivity index (χ0) is 20.1. The molecular formula is C19H19N3O5S. The number of amides is 1. The molecular weight excluding hydrogens is 382 g/mol. The van der Waals surface area contributed by atoms with Gasteiger partial charge in [0.05, 0.1) is 11.6 Å². The number of fused-ring (bicyclic) bond motifs is 1. The van der Waals surface area contributed by atoms with Gasteiger partial charge in [-0.25, -0.2) is 13.1 Å². The van der Waals surface area contributed by atoms with E-state index in [2.05, 4.69) is 4.72 Å². The summed E-state index contributed by atoms with van der Waals surface area (Å²) in [5, 5.41) is 9.12. The number of hydrogen-bond acceptors (Lipinski definition) is 6. The number of benzene rings is 1.